The number of hydrogen-bond acceptors (Lipinski definition) is 2. The summed E-state index contributed by atoms with van der Waals surface area (Å²) in [6, 6.07) is 88.0. The SMILES string of the molecule is c1ccc(N(c2cccc(N(c3ccc(-c4ccc5cccc(-c6cccc7ccccc67)c5c4)cc3)c3ccc4ccccc4c3)c2)c2ccc3ccccc3c2)cc1. The van der Waals surface area contributed by atoms with Gasteiger partial charge in [-0.15, -0.1) is 0 Å². The minimum absolute atomic E-state index is 1.07. The molecule has 11 aromatic rings. The molecule has 2 heteroatoms. The van der Waals surface area contributed by atoms with Crippen molar-refractivity contribution >= 4 is 77.2 Å². The molecule has 0 saturated heterocycles. The molecule has 0 unspecified atom stereocenters. The Balaban J connectivity index is 1.02. The first-order chi connectivity index (χ1) is 29.7. The van der Waals surface area contributed by atoms with E-state index in [9.17, 15) is 0 Å². The summed E-state index contributed by atoms with van der Waals surface area (Å²) in [5.41, 5.74) is 11.4. The lowest BCUT2D eigenvalue weighted by Gasteiger charge is -2.29. The fourth-order valence-electron chi connectivity index (χ4n) is 8.82. The van der Waals surface area contributed by atoms with E-state index in [1.165, 1.54) is 65.3 Å². The van der Waals surface area contributed by atoms with Crippen LogP contribution in [0.2, 0.25) is 0 Å². The smallest absolute Gasteiger partial charge is 0.0482 e. The van der Waals surface area contributed by atoms with Crippen molar-refractivity contribution < 1.29 is 0 Å². The fraction of sp³-hybridized carbons (Fsp3) is 0. The summed E-state index contributed by atoms with van der Waals surface area (Å²) in [6.07, 6.45) is 0. The second-order valence-electron chi connectivity index (χ2n) is 15.4. The summed E-state index contributed by atoms with van der Waals surface area (Å²) in [5, 5.41) is 9.86. The minimum atomic E-state index is 1.07. The van der Waals surface area contributed by atoms with E-state index in [0.29, 0.717) is 0 Å². The number of para-hydroxylation sites is 1. The van der Waals surface area contributed by atoms with Crippen LogP contribution in [0, 0.1) is 0 Å². The Labute approximate surface area is 350 Å². The van der Waals surface area contributed by atoms with E-state index in [0.717, 1.165) is 34.1 Å². The third-order valence-electron chi connectivity index (χ3n) is 11.8. The summed E-state index contributed by atoms with van der Waals surface area (Å²) >= 11 is 0. The predicted molar refractivity (Wildman–Crippen MR) is 257 cm³/mol. The van der Waals surface area contributed by atoms with Crippen molar-refractivity contribution in [2.75, 3.05) is 9.80 Å². The van der Waals surface area contributed by atoms with Crippen LogP contribution in [0.5, 0.6) is 0 Å². The third kappa shape index (κ3) is 6.51. The van der Waals surface area contributed by atoms with Crippen molar-refractivity contribution in [1.29, 1.82) is 0 Å². The largest absolute Gasteiger partial charge is 0.310 e. The van der Waals surface area contributed by atoms with Crippen LogP contribution in [0.1, 0.15) is 0 Å². The molecule has 282 valence electrons. The van der Waals surface area contributed by atoms with Gasteiger partial charge in [-0.05, 0) is 138 Å². The predicted octanol–water partition coefficient (Wildman–Crippen LogP) is 16.6. The molecule has 0 radical (unpaired) electrons. The average molecular weight is 765 g/mol. The van der Waals surface area contributed by atoms with Gasteiger partial charge < -0.3 is 9.80 Å². The van der Waals surface area contributed by atoms with Crippen molar-refractivity contribution in [2.24, 2.45) is 0 Å². The Bertz CT molecular complexity index is 3330. The molecule has 0 aliphatic rings. The Morgan fingerprint density at radius 3 is 1.23 bits per heavy atom. The number of nitrogens with zero attached hydrogens (tertiary/aromatic N) is 2. The number of fused-ring (bicyclic) bond motifs is 4. The van der Waals surface area contributed by atoms with Crippen molar-refractivity contribution in [3.8, 4) is 22.3 Å². The Hall–Kier alpha value is -7.94. The second-order valence-corrected chi connectivity index (χ2v) is 15.4. The molecule has 0 aliphatic carbocycles. The monoisotopic (exact) mass is 764 g/mol. The molecule has 0 saturated carbocycles. The maximum Gasteiger partial charge on any atom is 0.0482 e. The van der Waals surface area contributed by atoms with Gasteiger partial charge in [0.05, 0.1) is 0 Å². The summed E-state index contributed by atoms with van der Waals surface area (Å²) < 4.78 is 0. The van der Waals surface area contributed by atoms with Gasteiger partial charge in [0.1, 0.15) is 0 Å². The molecule has 0 spiro atoms. The maximum atomic E-state index is 2.38. The Kier molecular flexibility index (Phi) is 8.87. The van der Waals surface area contributed by atoms with Crippen molar-refractivity contribution in [2.45, 2.75) is 0 Å². The molecule has 0 bridgehead atoms. The van der Waals surface area contributed by atoms with Crippen LogP contribution >= 0.6 is 0 Å². The van der Waals surface area contributed by atoms with Crippen LogP contribution in [0.15, 0.2) is 243 Å². The molecule has 0 aliphatic heterocycles. The number of benzene rings is 11. The standard InChI is InChI=1S/C58H40N2/c1-2-20-49(21-3-1)59(53-35-31-41-13-4-6-16-46(41)37-53)51-22-12-23-52(40-51)60(54-36-32-42-14-5-7-17-47(42)38-54)50-33-29-43(30-34-50)48-28-27-45-19-11-26-57(58(45)39-48)56-25-10-18-44-15-8-9-24-55(44)56/h1-40H. The Morgan fingerprint density at radius 1 is 0.200 bits per heavy atom. The van der Waals surface area contributed by atoms with Crippen LogP contribution in [0.25, 0.3) is 65.3 Å². The maximum absolute atomic E-state index is 2.38. The first kappa shape index (κ1) is 35.2. The van der Waals surface area contributed by atoms with E-state index in [4.69, 9.17) is 0 Å². The first-order valence-corrected chi connectivity index (χ1v) is 20.6. The number of hydrogen-bond donors (Lipinski definition) is 0. The summed E-state index contributed by atoms with van der Waals surface area (Å²) in [5.74, 6) is 0. The van der Waals surface area contributed by atoms with Crippen molar-refractivity contribution in [3.63, 3.8) is 0 Å². The quantitative estimate of drug-likeness (QED) is 0.152. The van der Waals surface area contributed by atoms with Gasteiger partial charge in [0.25, 0.3) is 0 Å². The zero-order valence-corrected chi connectivity index (χ0v) is 33.0. The van der Waals surface area contributed by atoms with E-state index in [2.05, 4.69) is 252 Å². The van der Waals surface area contributed by atoms with Gasteiger partial charge in [-0.3, -0.25) is 0 Å². The van der Waals surface area contributed by atoms with Gasteiger partial charge in [0.2, 0.25) is 0 Å². The Morgan fingerprint density at radius 2 is 0.600 bits per heavy atom. The molecular formula is C58H40N2. The van der Waals surface area contributed by atoms with E-state index in [1.807, 2.05) is 0 Å². The lowest BCUT2D eigenvalue weighted by molar-refractivity contribution is 1.25. The molecule has 0 heterocycles. The first-order valence-electron chi connectivity index (χ1n) is 20.6. The topological polar surface area (TPSA) is 6.48 Å². The van der Waals surface area contributed by atoms with E-state index >= 15 is 0 Å². The van der Waals surface area contributed by atoms with E-state index in [1.54, 1.807) is 0 Å². The van der Waals surface area contributed by atoms with Gasteiger partial charge in [0, 0.05) is 34.1 Å². The van der Waals surface area contributed by atoms with Gasteiger partial charge in [0.15, 0.2) is 0 Å². The van der Waals surface area contributed by atoms with Crippen LogP contribution in [-0.4, -0.2) is 0 Å². The van der Waals surface area contributed by atoms with Crippen molar-refractivity contribution in [3.05, 3.63) is 243 Å². The zero-order chi connectivity index (χ0) is 39.8. The molecule has 2 nitrogen and oxygen atoms in total. The second kappa shape index (κ2) is 15.1. The van der Waals surface area contributed by atoms with E-state index in [-0.39, 0.29) is 0 Å². The molecule has 0 N–H and O–H groups in total. The van der Waals surface area contributed by atoms with Crippen LogP contribution < -0.4 is 9.80 Å². The summed E-state index contributed by atoms with van der Waals surface area (Å²) in [6.45, 7) is 0. The lowest BCUT2D eigenvalue weighted by Crippen LogP contribution is -2.13. The summed E-state index contributed by atoms with van der Waals surface area (Å²) in [7, 11) is 0. The molecule has 60 heavy (non-hydrogen) atoms. The number of rotatable bonds is 8. The highest BCUT2D eigenvalue weighted by molar-refractivity contribution is 6.06. The molecule has 0 fully saturated rings. The summed E-state index contributed by atoms with van der Waals surface area (Å²) in [4.78, 5) is 4.73. The highest BCUT2D eigenvalue weighted by Crippen LogP contribution is 2.43. The zero-order valence-electron chi connectivity index (χ0n) is 33.0. The molecule has 0 atom stereocenters. The van der Waals surface area contributed by atoms with Gasteiger partial charge >= 0.3 is 0 Å². The molecule has 11 rings (SSSR count). The van der Waals surface area contributed by atoms with Crippen LogP contribution in [-0.2, 0) is 0 Å². The minimum Gasteiger partial charge on any atom is -0.310 e. The number of anilines is 6. The fourth-order valence-corrected chi connectivity index (χ4v) is 8.82. The third-order valence-corrected chi connectivity index (χ3v) is 11.8. The van der Waals surface area contributed by atoms with Gasteiger partial charge in [-0.2, -0.15) is 0 Å². The molecular weight excluding hydrogens is 725 g/mol. The van der Waals surface area contributed by atoms with Gasteiger partial charge in [-0.1, -0.05) is 170 Å². The highest BCUT2D eigenvalue weighted by Gasteiger charge is 2.18. The van der Waals surface area contributed by atoms with Crippen LogP contribution in [0.4, 0.5) is 34.1 Å². The average Bonchev–Trinajstić information content (AvgIpc) is 3.32. The molecule has 11 aromatic carbocycles. The van der Waals surface area contributed by atoms with Crippen LogP contribution in [0.3, 0.4) is 0 Å². The van der Waals surface area contributed by atoms with E-state index < -0.39 is 0 Å². The lowest BCUT2D eigenvalue weighted by atomic mass is 9.92. The van der Waals surface area contributed by atoms with Crippen molar-refractivity contribution in [1.82, 2.24) is 0 Å². The molecule has 0 amide bonds. The molecule has 0 aromatic heterocycles. The van der Waals surface area contributed by atoms with Gasteiger partial charge in [-0.25, -0.2) is 0 Å². The normalized spacial score (nSPS) is 11.3. The highest BCUT2D eigenvalue weighted by atomic mass is 15.2.